The van der Waals surface area contributed by atoms with Crippen LogP contribution in [0.25, 0.3) is 0 Å². The van der Waals surface area contributed by atoms with E-state index in [0.717, 1.165) is 56.8 Å². The summed E-state index contributed by atoms with van der Waals surface area (Å²) in [5.41, 5.74) is 10.6. The fourth-order valence-electron chi connectivity index (χ4n) is 4.35. The largest absolute Gasteiger partial charge is 0.265 e. The molecule has 0 aliphatic rings. The van der Waals surface area contributed by atoms with E-state index in [9.17, 15) is 0 Å². The van der Waals surface area contributed by atoms with E-state index in [4.69, 9.17) is 0 Å². The van der Waals surface area contributed by atoms with Crippen molar-refractivity contribution in [2.24, 2.45) is 0 Å². The molecule has 12 heterocycles. The number of hydrogen-bond donors (Lipinski definition) is 0. The molecule has 0 aliphatic carbocycles. The molecule has 25 heteroatoms. The lowest BCUT2D eigenvalue weighted by molar-refractivity contribution is 0.839. The van der Waals surface area contributed by atoms with Gasteiger partial charge in [-0.05, 0) is 188 Å². The van der Waals surface area contributed by atoms with Gasteiger partial charge < -0.3 is 0 Å². The van der Waals surface area contributed by atoms with Gasteiger partial charge >= 0.3 is 0 Å². The molecule has 432 valence electrons. The predicted molar refractivity (Wildman–Crippen MR) is 319 cm³/mol. The maximum Gasteiger partial charge on any atom is 0.138 e. The molecule has 0 N–H and O–H groups in total. The maximum absolute atomic E-state index is 3.98. The van der Waals surface area contributed by atoms with Crippen LogP contribution in [0.2, 0.25) is 0 Å². The standard InChI is InChI=1S/3C6H7N.5C5H6N2.4C4H5N3/c1-6-2-4-7-5-3-6;1-6-3-2-4-7-5-6;1-6-4-2-3-5-7-6;1-5-2-6-4-7-3-5;1-5-2-3-6-4-7-5;1-5-2-3-6-7-4-5;1-5-6-3-2-4-7-5;1-5-3-2-4-6-7-5;1-4-6-2-5-3-7-4;1-4-2-6-7-3-5-4;1-4-2-5-7-6-3-4;1-4-2-3-5-7-6-4/h3*2-5H,1H3;5*2-4H,1H3;4*2-3H,1H3. The molecule has 12 rings (SSSR count). The summed E-state index contributed by atoms with van der Waals surface area (Å²) in [4.78, 5) is 49.5. The molecule has 0 saturated carbocycles. The van der Waals surface area contributed by atoms with Gasteiger partial charge in [0.05, 0.1) is 48.1 Å². The Morgan fingerprint density at radius 2 is 0.750 bits per heavy atom. The van der Waals surface area contributed by atoms with E-state index in [1.165, 1.54) is 42.8 Å². The van der Waals surface area contributed by atoms with E-state index in [-0.39, 0.29) is 0 Å². The topological polar surface area (TPSA) is 322 Å². The van der Waals surface area contributed by atoms with Gasteiger partial charge in [-0.2, -0.15) is 25.5 Å². The monoisotopic (exact) mass is 1130 g/mol. The third-order valence-corrected chi connectivity index (χ3v) is 8.53. The molecule has 0 atom stereocenters. The van der Waals surface area contributed by atoms with Crippen LogP contribution in [-0.2, 0) is 0 Å². The minimum Gasteiger partial charge on any atom is -0.265 e. The molecule has 25 nitrogen and oxygen atoms in total. The first-order chi connectivity index (χ1) is 40.7. The van der Waals surface area contributed by atoms with Crippen molar-refractivity contribution in [2.45, 2.75) is 83.1 Å². The maximum atomic E-state index is 3.98. The fraction of sp³-hybridized carbons (Fsp3) is 0.203. The highest BCUT2D eigenvalue weighted by Gasteiger charge is 1.82. The van der Waals surface area contributed by atoms with Crippen molar-refractivity contribution in [3.05, 3.63) is 284 Å². The molecule has 0 amide bonds. The molecule has 0 spiro atoms. The molecule has 0 aromatic carbocycles. The van der Waals surface area contributed by atoms with Crippen LogP contribution in [-0.4, -0.2) is 126 Å². The van der Waals surface area contributed by atoms with Gasteiger partial charge in [-0.1, -0.05) is 12.1 Å². The number of rotatable bonds is 0. The highest BCUT2D eigenvalue weighted by atomic mass is 15.3. The third kappa shape index (κ3) is 48.1. The van der Waals surface area contributed by atoms with E-state index in [0.29, 0.717) is 0 Å². The Hall–Kier alpha value is -11.1. The minimum absolute atomic E-state index is 0.759. The first kappa shape index (κ1) is 70.9. The van der Waals surface area contributed by atoms with Gasteiger partial charge in [0.25, 0.3) is 0 Å². The van der Waals surface area contributed by atoms with Crippen LogP contribution in [0.15, 0.2) is 216 Å². The lowest BCUT2D eigenvalue weighted by Crippen LogP contribution is -1.85. The Balaban J connectivity index is 0.000000458. The summed E-state index contributed by atoms with van der Waals surface area (Å²) in [6.45, 7) is 23.2. The van der Waals surface area contributed by atoms with E-state index in [1.54, 1.807) is 111 Å². The molecule has 12 aromatic heterocycles. The van der Waals surface area contributed by atoms with E-state index >= 15 is 0 Å². The van der Waals surface area contributed by atoms with Crippen LogP contribution >= 0.6 is 0 Å². The molecule has 84 heavy (non-hydrogen) atoms. The zero-order chi connectivity index (χ0) is 61.4. The van der Waals surface area contributed by atoms with Crippen molar-refractivity contribution < 1.29 is 0 Å². The smallest absolute Gasteiger partial charge is 0.138 e. The molecule has 0 unspecified atom stereocenters. The summed E-state index contributed by atoms with van der Waals surface area (Å²) < 4.78 is 0. The summed E-state index contributed by atoms with van der Waals surface area (Å²) in [6.07, 6.45) is 36.7. The number of hydrogen-bond acceptors (Lipinski definition) is 25. The van der Waals surface area contributed by atoms with Crippen LogP contribution in [0.4, 0.5) is 0 Å². The number of aryl methyl sites for hydroxylation is 12. The first-order valence-electron chi connectivity index (χ1n) is 25.4. The Bertz CT molecular complexity index is 2440. The average Bonchev–Trinajstić information content (AvgIpc) is 3.51. The Labute approximate surface area is 491 Å². The predicted octanol–water partition coefficient (Wildman–Crippen LogP) is 8.82. The van der Waals surface area contributed by atoms with E-state index in [2.05, 4.69) is 126 Å². The summed E-state index contributed by atoms with van der Waals surface area (Å²) in [6, 6.07) is 24.9. The first-order valence-corrected chi connectivity index (χ1v) is 25.4. The van der Waals surface area contributed by atoms with Gasteiger partial charge in [-0.15, -0.1) is 25.5 Å². The van der Waals surface area contributed by atoms with Crippen LogP contribution < -0.4 is 0 Å². The van der Waals surface area contributed by atoms with Gasteiger partial charge in [-0.3, -0.25) is 15.0 Å². The lowest BCUT2D eigenvalue weighted by atomic mass is 10.3. The highest BCUT2D eigenvalue weighted by Crippen LogP contribution is 1.91. The number of pyridine rings is 3. The van der Waals surface area contributed by atoms with Crippen molar-refractivity contribution >= 4 is 0 Å². The Kier molecular flexibility index (Phi) is 42.3. The van der Waals surface area contributed by atoms with Crippen LogP contribution in [0.5, 0.6) is 0 Å². The molecule has 0 bridgehead atoms. The summed E-state index contributed by atoms with van der Waals surface area (Å²) >= 11 is 0. The molecule has 0 radical (unpaired) electrons. The van der Waals surface area contributed by atoms with Crippen LogP contribution in [0, 0.1) is 83.1 Å². The van der Waals surface area contributed by atoms with E-state index in [1.807, 2.05) is 156 Å². The summed E-state index contributed by atoms with van der Waals surface area (Å²) in [5, 5.41) is 42.5. The highest BCUT2D eigenvalue weighted by molar-refractivity contribution is 5.06. The van der Waals surface area contributed by atoms with Crippen molar-refractivity contribution in [2.75, 3.05) is 0 Å². The third-order valence-electron chi connectivity index (χ3n) is 8.53. The SMILES string of the molecule is Cc1ccccn1.Cc1cccnc1.Cc1cccnn1.Cc1ccncc1.Cc1ccncn1.Cc1ccnnc1.Cc1ccnnn1.Cc1cncnc1.Cc1cnncn1.Cc1cnnnc1.Cc1ncccn1.Cc1ncncn1. The lowest BCUT2D eigenvalue weighted by Gasteiger charge is -1.82. The van der Waals surface area contributed by atoms with Gasteiger partial charge in [0.2, 0.25) is 0 Å². The number of aromatic nitrogens is 25. The minimum atomic E-state index is 0.759. The Morgan fingerprint density at radius 1 is 0.214 bits per heavy atom. The van der Waals surface area contributed by atoms with Crippen molar-refractivity contribution in [3.63, 3.8) is 0 Å². The summed E-state index contributed by atoms with van der Waals surface area (Å²) in [7, 11) is 0. The van der Waals surface area contributed by atoms with Crippen LogP contribution in [0.1, 0.15) is 67.9 Å². The van der Waals surface area contributed by atoms with Gasteiger partial charge in [0.1, 0.15) is 43.3 Å². The zero-order valence-corrected chi connectivity index (χ0v) is 49.4. The van der Waals surface area contributed by atoms with E-state index < -0.39 is 0 Å². The van der Waals surface area contributed by atoms with Gasteiger partial charge in [0, 0.05) is 85.7 Å². The number of nitrogens with zero attached hydrogens (tertiary/aromatic N) is 25. The molecule has 12 aromatic rings. The normalized spacial score (nSPS) is 8.71. The van der Waals surface area contributed by atoms with Crippen molar-refractivity contribution in [1.82, 2.24) is 126 Å². The molecule has 0 fully saturated rings. The second kappa shape index (κ2) is 50.1. The van der Waals surface area contributed by atoms with Crippen molar-refractivity contribution in [3.8, 4) is 0 Å². The summed E-state index contributed by atoms with van der Waals surface area (Å²) in [5.74, 6) is 1.58. The van der Waals surface area contributed by atoms with Crippen LogP contribution in [0.3, 0.4) is 0 Å². The zero-order valence-electron chi connectivity index (χ0n) is 49.4. The Morgan fingerprint density at radius 3 is 1.04 bits per heavy atom. The molecular formula is C59H71N25. The second-order valence-corrected chi connectivity index (χ2v) is 16.4. The fourth-order valence-corrected chi connectivity index (χ4v) is 4.35. The quantitative estimate of drug-likeness (QED) is 0.137. The molecular weight excluding hydrogens is 1060 g/mol. The van der Waals surface area contributed by atoms with Crippen molar-refractivity contribution in [1.29, 1.82) is 0 Å². The molecule has 0 saturated heterocycles. The average molecular weight is 1130 g/mol. The van der Waals surface area contributed by atoms with Gasteiger partial charge in [-0.25, -0.2) is 49.8 Å². The second-order valence-electron chi connectivity index (χ2n) is 16.4. The molecule has 0 aliphatic heterocycles. The van der Waals surface area contributed by atoms with Gasteiger partial charge in [0.15, 0.2) is 0 Å².